The molecule has 3 heteroatoms. The van der Waals surface area contributed by atoms with Crippen LogP contribution in [0.5, 0.6) is 0 Å². The number of hydrogen-bond acceptors (Lipinski definition) is 3. The summed E-state index contributed by atoms with van der Waals surface area (Å²) in [5.74, 6) is 0.823. The summed E-state index contributed by atoms with van der Waals surface area (Å²) in [4.78, 5) is 12.0. The van der Waals surface area contributed by atoms with Crippen molar-refractivity contribution in [3.05, 3.63) is 0 Å². The van der Waals surface area contributed by atoms with E-state index in [1.54, 1.807) is 0 Å². The minimum absolute atomic E-state index is 0.108. The first kappa shape index (κ1) is 10.5. The Morgan fingerprint density at radius 2 is 1.94 bits per heavy atom. The SMILES string of the molecule is CC1C2(CC[C@@]34C[C@@H]3C(=O)C[C@@]14C)OCCO2. The van der Waals surface area contributed by atoms with E-state index in [0.29, 0.717) is 36.2 Å². The van der Waals surface area contributed by atoms with Crippen LogP contribution in [-0.4, -0.2) is 24.8 Å². The van der Waals surface area contributed by atoms with Crippen LogP contribution in [0, 0.1) is 22.7 Å². The van der Waals surface area contributed by atoms with Crippen molar-refractivity contribution < 1.29 is 14.3 Å². The number of ether oxygens (including phenoxy) is 2. The molecule has 0 bridgehead atoms. The van der Waals surface area contributed by atoms with Gasteiger partial charge < -0.3 is 9.47 Å². The van der Waals surface area contributed by atoms with Crippen LogP contribution in [0.2, 0.25) is 0 Å². The predicted octanol–water partition coefficient (Wildman–Crippen LogP) is 2.14. The lowest BCUT2D eigenvalue weighted by Crippen LogP contribution is -2.53. The van der Waals surface area contributed by atoms with Crippen LogP contribution in [0.4, 0.5) is 0 Å². The molecule has 0 N–H and O–H groups in total. The summed E-state index contributed by atoms with van der Waals surface area (Å²) in [7, 11) is 0. The first-order valence-corrected chi connectivity index (χ1v) is 6.85. The lowest BCUT2D eigenvalue weighted by Gasteiger charge is -2.52. The van der Waals surface area contributed by atoms with Gasteiger partial charge in [-0.3, -0.25) is 4.79 Å². The van der Waals surface area contributed by atoms with Crippen molar-refractivity contribution in [3.63, 3.8) is 0 Å². The van der Waals surface area contributed by atoms with Crippen LogP contribution in [0.25, 0.3) is 0 Å². The highest BCUT2D eigenvalue weighted by atomic mass is 16.7. The zero-order chi connectivity index (χ0) is 11.9. The van der Waals surface area contributed by atoms with Crippen LogP contribution >= 0.6 is 0 Å². The van der Waals surface area contributed by atoms with Crippen molar-refractivity contribution in [1.29, 1.82) is 0 Å². The highest BCUT2D eigenvalue weighted by molar-refractivity contribution is 5.89. The largest absolute Gasteiger partial charge is 0.347 e. The van der Waals surface area contributed by atoms with Crippen LogP contribution in [0.15, 0.2) is 0 Å². The third-order valence-corrected chi connectivity index (χ3v) is 6.45. The van der Waals surface area contributed by atoms with Gasteiger partial charge in [0.2, 0.25) is 0 Å². The molecule has 17 heavy (non-hydrogen) atoms. The molecule has 4 aliphatic rings. The molecular formula is C14H20O3. The zero-order valence-corrected chi connectivity index (χ0v) is 10.6. The number of hydrogen-bond donors (Lipinski definition) is 0. The second-order valence-electron chi connectivity index (χ2n) is 6.70. The maximum Gasteiger partial charge on any atom is 0.171 e. The normalized spacial score (nSPS) is 54.8. The van der Waals surface area contributed by atoms with Gasteiger partial charge in [-0.2, -0.15) is 0 Å². The summed E-state index contributed by atoms with van der Waals surface area (Å²) in [5, 5.41) is 0. The van der Waals surface area contributed by atoms with Gasteiger partial charge in [-0.25, -0.2) is 0 Å². The summed E-state index contributed by atoms with van der Waals surface area (Å²) in [5.41, 5.74) is 0.418. The zero-order valence-electron chi connectivity index (χ0n) is 10.6. The number of carbonyl (C=O) groups excluding carboxylic acids is 1. The number of Topliss-reactive ketones (excluding diaryl/α,β-unsaturated/α-hetero) is 1. The lowest BCUT2D eigenvalue weighted by molar-refractivity contribution is -0.252. The first-order valence-electron chi connectivity index (χ1n) is 6.85. The van der Waals surface area contributed by atoms with E-state index in [4.69, 9.17) is 9.47 Å². The van der Waals surface area contributed by atoms with E-state index in [-0.39, 0.29) is 11.2 Å². The Kier molecular flexibility index (Phi) is 1.71. The molecule has 2 spiro atoms. The average Bonchev–Trinajstić information content (AvgIpc) is 2.78. The fraction of sp³-hybridized carbons (Fsp3) is 0.929. The Balaban J connectivity index is 1.76. The quantitative estimate of drug-likeness (QED) is 0.646. The molecule has 4 rings (SSSR count). The lowest BCUT2D eigenvalue weighted by atomic mass is 9.57. The maximum atomic E-state index is 12.0. The first-order chi connectivity index (χ1) is 8.04. The molecule has 0 amide bonds. The van der Waals surface area contributed by atoms with Crippen molar-refractivity contribution in [3.8, 4) is 0 Å². The van der Waals surface area contributed by atoms with Crippen molar-refractivity contribution in [2.75, 3.05) is 13.2 Å². The van der Waals surface area contributed by atoms with Gasteiger partial charge in [-0.1, -0.05) is 13.8 Å². The fourth-order valence-corrected chi connectivity index (χ4v) is 5.13. The molecule has 4 fully saturated rings. The highest BCUT2D eigenvalue weighted by Gasteiger charge is 2.77. The molecular weight excluding hydrogens is 216 g/mol. The Labute approximate surface area is 102 Å². The van der Waals surface area contributed by atoms with Crippen molar-refractivity contribution >= 4 is 5.78 Å². The maximum absolute atomic E-state index is 12.0. The molecule has 1 unspecified atom stereocenters. The average molecular weight is 236 g/mol. The molecule has 94 valence electrons. The van der Waals surface area contributed by atoms with Gasteiger partial charge >= 0.3 is 0 Å². The number of ketones is 1. The van der Waals surface area contributed by atoms with Crippen LogP contribution < -0.4 is 0 Å². The minimum Gasteiger partial charge on any atom is -0.347 e. The van der Waals surface area contributed by atoms with Crippen LogP contribution in [0.1, 0.15) is 39.5 Å². The van der Waals surface area contributed by atoms with E-state index in [0.717, 1.165) is 25.7 Å². The van der Waals surface area contributed by atoms with Crippen LogP contribution in [-0.2, 0) is 14.3 Å². The molecule has 4 atom stereocenters. The Hall–Kier alpha value is -0.410. The highest BCUT2D eigenvalue weighted by Crippen LogP contribution is 2.78. The van der Waals surface area contributed by atoms with Crippen LogP contribution in [0.3, 0.4) is 0 Å². The Morgan fingerprint density at radius 1 is 1.24 bits per heavy atom. The molecule has 3 saturated carbocycles. The van der Waals surface area contributed by atoms with Gasteiger partial charge in [0.15, 0.2) is 5.79 Å². The van der Waals surface area contributed by atoms with Crippen molar-refractivity contribution in [2.24, 2.45) is 22.7 Å². The minimum atomic E-state index is -0.377. The molecule has 1 aliphatic heterocycles. The monoisotopic (exact) mass is 236 g/mol. The number of carbonyl (C=O) groups is 1. The topological polar surface area (TPSA) is 35.5 Å². The van der Waals surface area contributed by atoms with E-state index in [1.165, 1.54) is 0 Å². The summed E-state index contributed by atoms with van der Waals surface area (Å²) in [6.07, 6.45) is 3.97. The number of rotatable bonds is 0. The van der Waals surface area contributed by atoms with Gasteiger partial charge in [0, 0.05) is 24.7 Å². The van der Waals surface area contributed by atoms with Crippen molar-refractivity contribution in [1.82, 2.24) is 0 Å². The van der Waals surface area contributed by atoms with E-state index in [9.17, 15) is 4.79 Å². The molecule has 3 aliphatic carbocycles. The molecule has 0 aromatic carbocycles. The summed E-state index contributed by atoms with van der Waals surface area (Å²) in [6.45, 7) is 5.96. The Morgan fingerprint density at radius 3 is 2.59 bits per heavy atom. The summed E-state index contributed by atoms with van der Waals surface area (Å²) >= 11 is 0. The van der Waals surface area contributed by atoms with Gasteiger partial charge in [0.05, 0.1) is 13.2 Å². The summed E-state index contributed by atoms with van der Waals surface area (Å²) < 4.78 is 11.9. The third kappa shape index (κ3) is 0.966. The van der Waals surface area contributed by atoms with Crippen molar-refractivity contribution in [2.45, 2.75) is 45.3 Å². The Bertz CT molecular complexity index is 398. The summed E-state index contributed by atoms with van der Waals surface area (Å²) in [6, 6.07) is 0. The predicted molar refractivity (Wildman–Crippen MR) is 61.3 cm³/mol. The van der Waals surface area contributed by atoms with Gasteiger partial charge in [0.25, 0.3) is 0 Å². The van der Waals surface area contributed by atoms with E-state index < -0.39 is 0 Å². The van der Waals surface area contributed by atoms with Gasteiger partial charge in [-0.15, -0.1) is 0 Å². The fourth-order valence-electron chi connectivity index (χ4n) is 5.13. The van der Waals surface area contributed by atoms with Gasteiger partial charge in [-0.05, 0) is 23.7 Å². The standard InChI is InChI=1S/C14H20O3/c1-9-12(2)8-11(15)10-7-13(10,12)3-4-14(9)16-5-6-17-14/h9-10H,3-8H2,1-2H3/t9?,10-,12+,13-/m1/s1. The molecule has 1 saturated heterocycles. The van der Waals surface area contributed by atoms with E-state index >= 15 is 0 Å². The molecule has 1 heterocycles. The second-order valence-corrected chi connectivity index (χ2v) is 6.70. The van der Waals surface area contributed by atoms with E-state index in [1.807, 2.05) is 0 Å². The molecule has 0 aromatic rings. The smallest absolute Gasteiger partial charge is 0.171 e. The molecule has 0 aromatic heterocycles. The molecule has 3 nitrogen and oxygen atoms in total. The van der Waals surface area contributed by atoms with E-state index in [2.05, 4.69) is 13.8 Å². The third-order valence-electron chi connectivity index (χ3n) is 6.45. The van der Waals surface area contributed by atoms with Gasteiger partial charge in [0.1, 0.15) is 5.78 Å². The molecule has 0 radical (unpaired) electrons. The second kappa shape index (κ2) is 2.77.